The van der Waals surface area contributed by atoms with E-state index in [0.717, 1.165) is 41.5 Å². The van der Waals surface area contributed by atoms with Gasteiger partial charge in [0.2, 0.25) is 6.29 Å². The summed E-state index contributed by atoms with van der Waals surface area (Å²) in [5.74, 6) is -0.317. The second-order valence-electron chi connectivity index (χ2n) is 10.7. The molecule has 1 unspecified atom stereocenters. The Balaban J connectivity index is 1.78. The van der Waals surface area contributed by atoms with Crippen LogP contribution in [0, 0.1) is 0 Å². The molecule has 0 amide bonds. The van der Waals surface area contributed by atoms with Crippen molar-refractivity contribution < 1.29 is 38.4 Å². The molecular formula is C35H40O8. The van der Waals surface area contributed by atoms with Crippen molar-refractivity contribution in [1.82, 2.24) is 0 Å². The molecule has 0 spiro atoms. The lowest BCUT2D eigenvalue weighted by atomic mass is 9.93. The van der Waals surface area contributed by atoms with Crippen LogP contribution in [0.15, 0.2) is 72.9 Å². The number of esters is 3. The maximum absolute atomic E-state index is 11.8. The molecule has 1 aliphatic rings. The highest BCUT2D eigenvalue weighted by molar-refractivity contribution is 5.90. The van der Waals surface area contributed by atoms with Crippen LogP contribution in [0.5, 0.6) is 11.5 Å². The van der Waals surface area contributed by atoms with Crippen LogP contribution in [-0.2, 0) is 36.7 Å². The molecule has 0 saturated carbocycles. The van der Waals surface area contributed by atoms with Crippen molar-refractivity contribution in [1.29, 1.82) is 0 Å². The Morgan fingerprint density at radius 2 is 1.35 bits per heavy atom. The van der Waals surface area contributed by atoms with Crippen LogP contribution in [0.25, 0.3) is 11.6 Å². The molecular weight excluding hydrogens is 548 g/mol. The zero-order valence-corrected chi connectivity index (χ0v) is 25.2. The van der Waals surface area contributed by atoms with Gasteiger partial charge in [0.05, 0.1) is 13.2 Å². The maximum Gasteiger partial charge on any atom is 0.338 e. The number of aryl methyl sites for hydroxylation is 2. The van der Waals surface area contributed by atoms with E-state index in [2.05, 4.69) is 25.8 Å². The predicted molar refractivity (Wildman–Crippen MR) is 165 cm³/mol. The van der Waals surface area contributed by atoms with Crippen molar-refractivity contribution >= 4 is 29.6 Å². The topological polar surface area (TPSA) is 108 Å². The first-order chi connectivity index (χ1) is 20.5. The van der Waals surface area contributed by atoms with E-state index in [1.807, 2.05) is 12.1 Å². The van der Waals surface area contributed by atoms with Gasteiger partial charge in [-0.05, 0) is 100 Å². The smallest absolute Gasteiger partial charge is 0.338 e. The minimum absolute atomic E-state index is 0.293. The van der Waals surface area contributed by atoms with E-state index in [1.165, 1.54) is 0 Å². The second kappa shape index (κ2) is 15.7. The number of aliphatic hydroxyl groups excluding tert-OH is 1. The summed E-state index contributed by atoms with van der Waals surface area (Å²) in [4.78, 5) is 35.2. The Kier molecular flexibility index (Phi) is 12.1. The summed E-state index contributed by atoms with van der Waals surface area (Å²) in [6.45, 7) is 16.2. The quantitative estimate of drug-likeness (QED) is 0.112. The molecule has 1 aliphatic heterocycles. The zero-order valence-electron chi connectivity index (χ0n) is 25.2. The van der Waals surface area contributed by atoms with Gasteiger partial charge < -0.3 is 24.1 Å². The molecule has 3 rings (SSSR count). The van der Waals surface area contributed by atoms with Crippen LogP contribution < -0.4 is 9.47 Å². The van der Waals surface area contributed by atoms with E-state index >= 15 is 0 Å². The average Bonchev–Trinajstić information content (AvgIpc) is 2.96. The number of benzene rings is 2. The molecule has 8 heteroatoms. The van der Waals surface area contributed by atoms with Crippen molar-refractivity contribution in [3.05, 3.63) is 95.1 Å². The summed E-state index contributed by atoms with van der Waals surface area (Å²) in [6.07, 6.45) is 5.07. The van der Waals surface area contributed by atoms with E-state index in [0.29, 0.717) is 66.3 Å². The summed E-state index contributed by atoms with van der Waals surface area (Å²) < 4.78 is 21.8. The molecule has 228 valence electrons. The molecule has 0 aliphatic carbocycles. The standard InChI is InChI=1S/C35H40O8/c1-22(2)32(36)40-17-9-7-11-25-19-27(12-8-10-18-41-33(37)23(3)4)31-28(20-25)21-30(35(39)43-31)26-13-15-29(16-14-26)42-34(38)24(5)6/h13-16,19-21,35,39H,1,3,5,7-12,17-18H2,2,4,6H3. The average molecular weight is 589 g/mol. The monoisotopic (exact) mass is 588 g/mol. The third kappa shape index (κ3) is 9.82. The Hall–Kier alpha value is -4.43. The predicted octanol–water partition coefficient (Wildman–Crippen LogP) is 6.30. The second-order valence-corrected chi connectivity index (χ2v) is 10.7. The molecule has 0 radical (unpaired) electrons. The number of rotatable bonds is 15. The van der Waals surface area contributed by atoms with E-state index in [9.17, 15) is 19.5 Å². The fourth-order valence-corrected chi connectivity index (χ4v) is 4.34. The number of hydrogen-bond acceptors (Lipinski definition) is 8. The largest absolute Gasteiger partial charge is 0.462 e. The number of carbonyl (C=O) groups excluding carboxylic acids is 3. The number of fused-ring (bicyclic) bond motifs is 1. The Morgan fingerprint density at radius 1 is 0.791 bits per heavy atom. The molecule has 0 fully saturated rings. The van der Waals surface area contributed by atoms with Gasteiger partial charge in [0.15, 0.2) is 0 Å². The van der Waals surface area contributed by atoms with Gasteiger partial charge in [-0.25, -0.2) is 14.4 Å². The lowest BCUT2D eigenvalue weighted by molar-refractivity contribution is -0.139. The summed E-state index contributed by atoms with van der Waals surface area (Å²) in [7, 11) is 0. The molecule has 43 heavy (non-hydrogen) atoms. The third-order valence-electron chi connectivity index (χ3n) is 6.67. The van der Waals surface area contributed by atoms with Crippen LogP contribution in [0.1, 0.15) is 68.7 Å². The Bertz CT molecular complexity index is 1410. The van der Waals surface area contributed by atoms with Crippen molar-refractivity contribution in [2.24, 2.45) is 0 Å². The van der Waals surface area contributed by atoms with Gasteiger partial charge in [-0.15, -0.1) is 0 Å². The molecule has 2 aromatic rings. The summed E-state index contributed by atoms with van der Waals surface area (Å²) in [5.41, 5.74) is 5.21. The highest BCUT2D eigenvalue weighted by Crippen LogP contribution is 2.38. The first-order valence-corrected chi connectivity index (χ1v) is 14.3. The van der Waals surface area contributed by atoms with Gasteiger partial charge in [0, 0.05) is 27.9 Å². The van der Waals surface area contributed by atoms with Crippen molar-refractivity contribution in [3.63, 3.8) is 0 Å². The Labute approximate surface area is 253 Å². The molecule has 0 bridgehead atoms. The zero-order chi connectivity index (χ0) is 31.5. The molecule has 2 aromatic carbocycles. The van der Waals surface area contributed by atoms with Crippen LogP contribution in [-0.4, -0.2) is 42.5 Å². The fourth-order valence-electron chi connectivity index (χ4n) is 4.34. The third-order valence-corrected chi connectivity index (χ3v) is 6.67. The van der Waals surface area contributed by atoms with Crippen molar-refractivity contribution in [2.75, 3.05) is 13.2 Å². The van der Waals surface area contributed by atoms with E-state index in [1.54, 1.807) is 45.0 Å². The van der Waals surface area contributed by atoms with Crippen LogP contribution in [0.4, 0.5) is 0 Å². The lowest BCUT2D eigenvalue weighted by Crippen LogP contribution is -2.22. The van der Waals surface area contributed by atoms with Gasteiger partial charge in [-0.1, -0.05) is 37.9 Å². The van der Waals surface area contributed by atoms with Gasteiger partial charge in [-0.3, -0.25) is 0 Å². The van der Waals surface area contributed by atoms with Crippen LogP contribution in [0.2, 0.25) is 0 Å². The summed E-state index contributed by atoms with van der Waals surface area (Å²) in [5, 5.41) is 11.0. The highest BCUT2D eigenvalue weighted by Gasteiger charge is 2.25. The number of carbonyl (C=O) groups is 3. The van der Waals surface area contributed by atoms with Crippen LogP contribution in [0.3, 0.4) is 0 Å². The number of unbranched alkanes of at least 4 members (excludes halogenated alkanes) is 2. The van der Waals surface area contributed by atoms with E-state index < -0.39 is 18.2 Å². The number of aliphatic hydroxyl groups is 1. The van der Waals surface area contributed by atoms with Crippen molar-refractivity contribution in [3.8, 4) is 11.5 Å². The number of hydrogen-bond donors (Lipinski definition) is 1. The summed E-state index contributed by atoms with van der Waals surface area (Å²) >= 11 is 0. The first-order valence-electron chi connectivity index (χ1n) is 14.3. The van der Waals surface area contributed by atoms with Gasteiger partial charge >= 0.3 is 17.9 Å². The minimum atomic E-state index is -1.19. The van der Waals surface area contributed by atoms with Crippen LogP contribution >= 0.6 is 0 Å². The molecule has 8 nitrogen and oxygen atoms in total. The van der Waals surface area contributed by atoms with E-state index in [4.69, 9.17) is 18.9 Å². The van der Waals surface area contributed by atoms with E-state index in [-0.39, 0.29) is 5.97 Å². The van der Waals surface area contributed by atoms with Crippen molar-refractivity contribution in [2.45, 2.75) is 65.6 Å². The van der Waals surface area contributed by atoms with Gasteiger partial charge in [0.1, 0.15) is 11.5 Å². The summed E-state index contributed by atoms with van der Waals surface area (Å²) in [6, 6.07) is 10.9. The van der Waals surface area contributed by atoms with Gasteiger partial charge in [-0.2, -0.15) is 0 Å². The lowest BCUT2D eigenvalue weighted by Gasteiger charge is -2.26. The SMILES string of the molecule is C=C(C)C(=O)OCCCCc1cc2c(c(CCCCOC(=O)C(=C)C)c1)OC(O)C(c1ccc(OC(=O)C(=C)C)cc1)=C2. The minimum Gasteiger partial charge on any atom is -0.462 e. The molecule has 0 aromatic heterocycles. The first kappa shape index (κ1) is 33.1. The molecule has 1 N–H and O–H groups in total. The molecule has 1 atom stereocenters. The highest BCUT2D eigenvalue weighted by atomic mass is 16.6. The molecule has 0 saturated heterocycles. The normalized spacial score (nSPS) is 13.6. The van der Waals surface area contributed by atoms with Gasteiger partial charge in [0.25, 0.3) is 0 Å². The number of ether oxygens (including phenoxy) is 4. The maximum atomic E-state index is 11.8. The molecule has 1 heterocycles. The Morgan fingerprint density at radius 3 is 1.91 bits per heavy atom. The fraction of sp³-hybridized carbons (Fsp3) is 0.343.